The number of carbonyl (C=O) groups is 1. The standard InChI is InChI=1S/C11H9ClN4O2.C2H6.CH4O/c1-18-14-6-8-5-9(7-17)16(15-8)11-10(12)3-2-4-13-11;2*1-2/h2-7H,1H3;1-2H3;2H,1H3/b14-6+;;. The summed E-state index contributed by atoms with van der Waals surface area (Å²) in [6, 6.07) is 4.92. The van der Waals surface area contributed by atoms with Crippen LogP contribution >= 0.6 is 11.6 Å². The highest BCUT2D eigenvalue weighted by Crippen LogP contribution is 2.18. The van der Waals surface area contributed by atoms with Crippen molar-refractivity contribution in [3.63, 3.8) is 0 Å². The molecule has 2 heterocycles. The van der Waals surface area contributed by atoms with Gasteiger partial charge in [0.2, 0.25) is 0 Å². The quantitative estimate of drug-likeness (QED) is 0.529. The fourth-order valence-electron chi connectivity index (χ4n) is 1.37. The van der Waals surface area contributed by atoms with Crippen LogP contribution in [-0.4, -0.2) is 46.6 Å². The second kappa shape index (κ2) is 11.4. The molecule has 0 saturated carbocycles. The molecule has 2 aromatic heterocycles. The van der Waals surface area contributed by atoms with Crippen LogP contribution in [0.2, 0.25) is 5.02 Å². The Labute approximate surface area is 134 Å². The van der Waals surface area contributed by atoms with E-state index in [2.05, 4.69) is 20.1 Å². The number of oxime groups is 1. The summed E-state index contributed by atoms with van der Waals surface area (Å²) in [7, 11) is 2.42. The summed E-state index contributed by atoms with van der Waals surface area (Å²) in [6.45, 7) is 4.00. The molecule has 0 bridgehead atoms. The normalized spacial score (nSPS) is 9.36. The van der Waals surface area contributed by atoms with Gasteiger partial charge < -0.3 is 9.94 Å². The first kappa shape index (κ1) is 19.8. The van der Waals surface area contributed by atoms with Gasteiger partial charge in [0, 0.05) is 13.3 Å². The van der Waals surface area contributed by atoms with Gasteiger partial charge in [0.05, 0.1) is 11.2 Å². The van der Waals surface area contributed by atoms with Gasteiger partial charge in [-0.25, -0.2) is 9.67 Å². The minimum atomic E-state index is 0.327. The van der Waals surface area contributed by atoms with Crippen LogP contribution in [0, 0.1) is 0 Å². The van der Waals surface area contributed by atoms with E-state index in [9.17, 15) is 4.79 Å². The number of rotatable bonds is 4. The molecule has 2 rings (SSSR count). The molecule has 0 aliphatic rings. The van der Waals surface area contributed by atoms with E-state index >= 15 is 0 Å². The molecule has 2 aromatic rings. The lowest BCUT2D eigenvalue weighted by Crippen LogP contribution is -2.04. The number of hydrogen-bond donors (Lipinski definition) is 1. The van der Waals surface area contributed by atoms with Crippen LogP contribution in [0.4, 0.5) is 0 Å². The lowest BCUT2D eigenvalue weighted by atomic mass is 10.4. The molecule has 0 aromatic carbocycles. The van der Waals surface area contributed by atoms with Crippen LogP contribution in [0.15, 0.2) is 29.6 Å². The number of aldehydes is 1. The van der Waals surface area contributed by atoms with Gasteiger partial charge in [0.15, 0.2) is 12.1 Å². The molecule has 8 heteroatoms. The summed E-state index contributed by atoms with van der Waals surface area (Å²) < 4.78 is 1.35. The van der Waals surface area contributed by atoms with Gasteiger partial charge in [0.1, 0.15) is 18.5 Å². The molecule has 0 amide bonds. The van der Waals surface area contributed by atoms with Crippen molar-refractivity contribution in [1.29, 1.82) is 0 Å². The molecule has 0 fully saturated rings. The monoisotopic (exact) mass is 326 g/mol. The Balaban J connectivity index is 0.00000102. The highest BCUT2D eigenvalue weighted by Gasteiger charge is 2.11. The summed E-state index contributed by atoms with van der Waals surface area (Å²) in [6.07, 6.45) is 3.63. The third-order valence-corrected chi connectivity index (χ3v) is 2.40. The molecule has 7 nitrogen and oxygen atoms in total. The predicted molar refractivity (Wildman–Crippen MR) is 85.9 cm³/mol. The summed E-state index contributed by atoms with van der Waals surface area (Å²) in [5.41, 5.74) is 0.800. The summed E-state index contributed by atoms with van der Waals surface area (Å²) in [5, 5.41) is 15.1. The Bertz CT molecular complexity index is 600. The third-order valence-electron chi connectivity index (χ3n) is 2.11. The van der Waals surface area contributed by atoms with Crippen molar-refractivity contribution in [3.05, 3.63) is 40.8 Å². The molecule has 0 unspecified atom stereocenters. The lowest BCUT2D eigenvalue weighted by molar-refractivity contribution is 0.111. The van der Waals surface area contributed by atoms with Crippen molar-refractivity contribution in [2.24, 2.45) is 5.16 Å². The number of aliphatic hydroxyl groups excluding tert-OH is 1. The zero-order valence-corrected chi connectivity index (χ0v) is 13.7. The number of aromatic nitrogens is 3. The van der Waals surface area contributed by atoms with Crippen LogP contribution in [0.25, 0.3) is 5.82 Å². The Kier molecular flexibility index (Phi) is 10.2. The van der Waals surface area contributed by atoms with E-state index in [1.165, 1.54) is 18.0 Å². The fraction of sp³-hybridized carbons (Fsp3) is 0.286. The molecule has 1 N–H and O–H groups in total. The average Bonchev–Trinajstić information content (AvgIpc) is 3.00. The molecule has 0 aliphatic heterocycles. The minimum absolute atomic E-state index is 0.327. The van der Waals surface area contributed by atoms with Gasteiger partial charge in [-0.1, -0.05) is 30.6 Å². The lowest BCUT2D eigenvalue weighted by Gasteiger charge is -2.03. The molecule has 0 saturated heterocycles. The Hall–Kier alpha value is -2.25. The van der Waals surface area contributed by atoms with Gasteiger partial charge in [0.25, 0.3) is 0 Å². The number of carbonyl (C=O) groups excluding carboxylic acids is 1. The molecule has 0 aliphatic carbocycles. The number of aliphatic hydroxyl groups is 1. The van der Waals surface area contributed by atoms with Crippen molar-refractivity contribution in [3.8, 4) is 5.82 Å². The van der Waals surface area contributed by atoms with E-state index in [1.807, 2.05) is 13.8 Å². The van der Waals surface area contributed by atoms with Gasteiger partial charge in [-0.3, -0.25) is 4.79 Å². The average molecular weight is 327 g/mol. The first-order chi connectivity index (χ1) is 10.8. The minimum Gasteiger partial charge on any atom is -0.400 e. The van der Waals surface area contributed by atoms with Gasteiger partial charge in [-0.05, 0) is 18.2 Å². The van der Waals surface area contributed by atoms with Crippen LogP contribution in [0.5, 0.6) is 0 Å². The van der Waals surface area contributed by atoms with E-state index in [1.54, 1.807) is 24.4 Å². The van der Waals surface area contributed by atoms with E-state index in [0.717, 1.165) is 7.11 Å². The number of halogens is 1. The van der Waals surface area contributed by atoms with Crippen molar-refractivity contribution in [1.82, 2.24) is 14.8 Å². The second-order valence-electron chi connectivity index (χ2n) is 3.25. The third kappa shape index (κ3) is 5.27. The molecule has 120 valence electrons. The number of nitrogens with zero attached hydrogens (tertiary/aromatic N) is 4. The van der Waals surface area contributed by atoms with Gasteiger partial charge >= 0.3 is 0 Å². The zero-order valence-electron chi connectivity index (χ0n) is 12.9. The van der Waals surface area contributed by atoms with Crippen molar-refractivity contribution in [2.45, 2.75) is 13.8 Å². The largest absolute Gasteiger partial charge is 0.400 e. The Morgan fingerprint density at radius 1 is 1.41 bits per heavy atom. The highest BCUT2D eigenvalue weighted by molar-refractivity contribution is 6.32. The van der Waals surface area contributed by atoms with Crippen LogP contribution in [-0.2, 0) is 4.84 Å². The summed E-state index contributed by atoms with van der Waals surface area (Å²) in [5.74, 6) is 0.387. The maximum Gasteiger partial charge on any atom is 0.172 e. The second-order valence-corrected chi connectivity index (χ2v) is 3.66. The molecule has 0 radical (unpaired) electrons. The SMILES string of the molecule is CC.CO.CO/N=C/c1cc(C=O)n(-c2ncccc2Cl)n1. The number of hydrogen-bond acceptors (Lipinski definition) is 6. The topological polar surface area (TPSA) is 89.6 Å². The molecular weight excluding hydrogens is 308 g/mol. The first-order valence-corrected chi connectivity index (χ1v) is 6.81. The van der Waals surface area contributed by atoms with E-state index in [4.69, 9.17) is 16.7 Å². The smallest absolute Gasteiger partial charge is 0.172 e. The summed E-state index contributed by atoms with van der Waals surface area (Å²) >= 11 is 6.00. The predicted octanol–water partition coefficient (Wildman–Crippen LogP) is 2.35. The maximum atomic E-state index is 11.0. The van der Waals surface area contributed by atoms with Crippen LogP contribution in [0.3, 0.4) is 0 Å². The van der Waals surface area contributed by atoms with Crippen molar-refractivity contribution < 1.29 is 14.7 Å². The Morgan fingerprint density at radius 2 is 2.09 bits per heavy atom. The first-order valence-electron chi connectivity index (χ1n) is 6.43. The molecule has 0 spiro atoms. The van der Waals surface area contributed by atoms with E-state index in [-0.39, 0.29) is 0 Å². The van der Waals surface area contributed by atoms with E-state index < -0.39 is 0 Å². The van der Waals surface area contributed by atoms with Gasteiger partial charge in [-0.15, -0.1) is 0 Å². The Morgan fingerprint density at radius 3 is 2.64 bits per heavy atom. The van der Waals surface area contributed by atoms with Crippen molar-refractivity contribution in [2.75, 3.05) is 14.2 Å². The van der Waals surface area contributed by atoms with Crippen molar-refractivity contribution >= 4 is 24.1 Å². The molecular formula is C14H19ClN4O3. The fourth-order valence-corrected chi connectivity index (χ4v) is 1.57. The zero-order chi connectivity index (χ0) is 17.0. The molecule has 22 heavy (non-hydrogen) atoms. The molecule has 0 atom stereocenters. The van der Waals surface area contributed by atoms with E-state index in [0.29, 0.717) is 28.5 Å². The highest BCUT2D eigenvalue weighted by atomic mass is 35.5. The van der Waals surface area contributed by atoms with Gasteiger partial charge in [-0.2, -0.15) is 5.10 Å². The number of pyridine rings is 1. The summed E-state index contributed by atoms with van der Waals surface area (Å²) in [4.78, 5) is 19.6. The maximum absolute atomic E-state index is 11.0. The van der Waals surface area contributed by atoms with Crippen LogP contribution in [0.1, 0.15) is 30.0 Å². The van der Waals surface area contributed by atoms with Crippen LogP contribution < -0.4 is 0 Å².